The summed E-state index contributed by atoms with van der Waals surface area (Å²) in [5, 5.41) is 0. The average molecular weight is 206 g/mol. The lowest BCUT2D eigenvalue weighted by atomic mass is 9.62. The molecule has 0 aromatic carbocycles. The molecule has 0 heterocycles. The first kappa shape index (κ1) is 9.86. The average Bonchev–Trinajstić information content (AvgIpc) is 2.83. The van der Waals surface area contributed by atoms with Crippen molar-refractivity contribution in [3.8, 4) is 0 Å². The molecule has 0 saturated heterocycles. The predicted molar refractivity (Wildman–Crippen MR) is 60.5 cm³/mol. The summed E-state index contributed by atoms with van der Waals surface area (Å²) in [6.07, 6.45) is 11.8. The van der Waals surface area contributed by atoms with Gasteiger partial charge in [0, 0.05) is 11.8 Å². The third kappa shape index (κ3) is 1.74. The van der Waals surface area contributed by atoms with Crippen LogP contribution in [-0.4, -0.2) is 5.78 Å². The van der Waals surface area contributed by atoms with Crippen LogP contribution in [0.15, 0.2) is 0 Å². The van der Waals surface area contributed by atoms with Crippen molar-refractivity contribution in [1.29, 1.82) is 0 Å². The van der Waals surface area contributed by atoms with E-state index in [1.807, 2.05) is 0 Å². The molecule has 4 rings (SSSR count). The fourth-order valence-corrected chi connectivity index (χ4v) is 4.24. The fraction of sp³-hybridized carbons (Fsp3) is 0.929. The highest BCUT2D eigenvalue weighted by atomic mass is 16.1. The zero-order valence-electron chi connectivity index (χ0n) is 9.58. The van der Waals surface area contributed by atoms with Crippen LogP contribution in [0.2, 0.25) is 0 Å². The molecule has 4 saturated carbocycles. The van der Waals surface area contributed by atoms with Gasteiger partial charge in [-0.3, -0.25) is 4.79 Å². The monoisotopic (exact) mass is 206 g/mol. The number of carbonyl (C=O) groups excluding carboxylic acids is 1. The van der Waals surface area contributed by atoms with E-state index in [2.05, 4.69) is 0 Å². The SMILES string of the molecule is O=C(C1CCCC1)C1CC2CCC1CC2. The van der Waals surface area contributed by atoms with E-state index in [0.29, 0.717) is 17.6 Å². The minimum atomic E-state index is 0.467. The Kier molecular flexibility index (Phi) is 2.58. The molecule has 4 fully saturated rings. The van der Waals surface area contributed by atoms with Crippen LogP contribution in [0.5, 0.6) is 0 Å². The van der Waals surface area contributed by atoms with Crippen LogP contribution in [-0.2, 0) is 4.79 Å². The van der Waals surface area contributed by atoms with Gasteiger partial charge in [-0.05, 0) is 43.9 Å². The Hall–Kier alpha value is -0.330. The van der Waals surface area contributed by atoms with Crippen molar-refractivity contribution in [2.24, 2.45) is 23.7 Å². The second-order valence-electron chi connectivity index (χ2n) is 6.01. The third-order valence-electron chi connectivity index (χ3n) is 5.17. The smallest absolute Gasteiger partial charge is 0.139 e. The minimum Gasteiger partial charge on any atom is -0.299 e. The van der Waals surface area contributed by atoms with Crippen LogP contribution < -0.4 is 0 Å². The maximum atomic E-state index is 12.4. The molecule has 0 spiro atoms. The standard InChI is InChI=1S/C14H22O/c15-14(12-3-1-2-4-12)13-9-10-5-7-11(13)8-6-10/h10-13H,1-9H2. The minimum absolute atomic E-state index is 0.467. The lowest BCUT2D eigenvalue weighted by Gasteiger charge is -2.42. The Morgan fingerprint density at radius 1 is 0.867 bits per heavy atom. The maximum absolute atomic E-state index is 12.4. The van der Waals surface area contributed by atoms with Gasteiger partial charge in [0.15, 0.2) is 0 Å². The molecule has 4 aliphatic carbocycles. The third-order valence-corrected chi connectivity index (χ3v) is 5.17. The topological polar surface area (TPSA) is 17.1 Å². The Labute approximate surface area is 92.6 Å². The molecule has 0 aliphatic heterocycles. The van der Waals surface area contributed by atoms with E-state index in [9.17, 15) is 4.79 Å². The van der Waals surface area contributed by atoms with Crippen molar-refractivity contribution in [3.63, 3.8) is 0 Å². The lowest BCUT2D eigenvalue weighted by Crippen LogP contribution is -2.38. The van der Waals surface area contributed by atoms with Gasteiger partial charge in [0.2, 0.25) is 0 Å². The summed E-state index contributed by atoms with van der Waals surface area (Å²) in [7, 11) is 0. The van der Waals surface area contributed by atoms with E-state index in [1.165, 1.54) is 57.8 Å². The van der Waals surface area contributed by atoms with Crippen molar-refractivity contribution in [2.75, 3.05) is 0 Å². The van der Waals surface area contributed by atoms with Gasteiger partial charge >= 0.3 is 0 Å². The Balaban J connectivity index is 1.68. The molecule has 0 radical (unpaired) electrons. The van der Waals surface area contributed by atoms with Crippen molar-refractivity contribution in [1.82, 2.24) is 0 Å². The zero-order chi connectivity index (χ0) is 10.3. The molecule has 1 atom stereocenters. The molecule has 0 N–H and O–H groups in total. The van der Waals surface area contributed by atoms with E-state index in [0.717, 1.165) is 11.8 Å². The van der Waals surface area contributed by atoms with E-state index in [4.69, 9.17) is 0 Å². The Morgan fingerprint density at radius 3 is 2.07 bits per heavy atom. The molecule has 15 heavy (non-hydrogen) atoms. The highest BCUT2D eigenvalue weighted by molar-refractivity contribution is 5.84. The van der Waals surface area contributed by atoms with E-state index < -0.39 is 0 Å². The van der Waals surface area contributed by atoms with E-state index in [1.54, 1.807) is 0 Å². The molecular formula is C14H22O. The summed E-state index contributed by atoms with van der Waals surface area (Å²) in [5.41, 5.74) is 0. The maximum Gasteiger partial charge on any atom is 0.139 e. The predicted octanol–water partition coefficient (Wildman–Crippen LogP) is 3.57. The zero-order valence-corrected chi connectivity index (χ0v) is 9.58. The molecule has 0 aromatic heterocycles. The lowest BCUT2D eigenvalue weighted by molar-refractivity contribution is -0.131. The molecule has 84 valence electrons. The molecule has 2 bridgehead atoms. The second kappa shape index (κ2) is 3.92. The number of carbonyl (C=O) groups is 1. The van der Waals surface area contributed by atoms with Gasteiger partial charge in [-0.1, -0.05) is 25.7 Å². The first-order valence-electron chi connectivity index (χ1n) is 6.88. The molecule has 0 amide bonds. The van der Waals surface area contributed by atoms with Crippen LogP contribution in [0.3, 0.4) is 0 Å². The quantitative estimate of drug-likeness (QED) is 0.675. The van der Waals surface area contributed by atoms with E-state index in [-0.39, 0.29) is 0 Å². The summed E-state index contributed by atoms with van der Waals surface area (Å²) in [5.74, 6) is 3.31. The second-order valence-corrected chi connectivity index (χ2v) is 6.01. The van der Waals surface area contributed by atoms with Gasteiger partial charge in [-0.25, -0.2) is 0 Å². The van der Waals surface area contributed by atoms with Crippen LogP contribution in [0, 0.1) is 23.7 Å². The molecule has 0 aromatic rings. The number of rotatable bonds is 2. The van der Waals surface area contributed by atoms with Gasteiger partial charge in [-0.2, -0.15) is 0 Å². The number of ketones is 1. The number of hydrogen-bond acceptors (Lipinski definition) is 1. The van der Waals surface area contributed by atoms with E-state index >= 15 is 0 Å². The first-order chi connectivity index (χ1) is 7.34. The highest BCUT2D eigenvalue weighted by Crippen LogP contribution is 2.47. The first-order valence-corrected chi connectivity index (χ1v) is 6.88. The largest absolute Gasteiger partial charge is 0.299 e. The van der Waals surface area contributed by atoms with Crippen molar-refractivity contribution >= 4 is 5.78 Å². The number of hydrogen-bond donors (Lipinski definition) is 0. The van der Waals surface area contributed by atoms with Crippen LogP contribution in [0.1, 0.15) is 57.8 Å². The Morgan fingerprint density at radius 2 is 1.53 bits per heavy atom. The van der Waals surface area contributed by atoms with Crippen LogP contribution in [0.25, 0.3) is 0 Å². The van der Waals surface area contributed by atoms with Crippen molar-refractivity contribution < 1.29 is 4.79 Å². The number of fused-ring (bicyclic) bond motifs is 3. The summed E-state index contributed by atoms with van der Waals surface area (Å²) in [6, 6.07) is 0. The summed E-state index contributed by atoms with van der Waals surface area (Å²) in [6.45, 7) is 0. The molecular weight excluding hydrogens is 184 g/mol. The van der Waals surface area contributed by atoms with Gasteiger partial charge in [0.05, 0.1) is 0 Å². The normalized spacial score (nSPS) is 40.9. The molecule has 4 aliphatic rings. The molecule has 1 heteroatoms. The van der Waals surface area contributed by atoms with Crippen LogP contribution in [0.4, 0.5) is 0 Å². The number of Topliss-reactive ketones (excluding diaryl/α,β-unsaturated/α-hetero) is 1. The summed E-state index contributed by atoms with van der Waals surface area (Å²) < 4.78 is 0. The molecule has 1 nitrogen and oxygen atoms in total. The van der Waals surface area contributed by atoms with Gasteiger partial charge in [0.1, 0.15) is 5.78 Å². The summed E-state index contributed by atoms with van der Waals surface area (Å²) in [4.78, 5) is 12.4. The van der Waals surface area contributed by atoms with Crippen LogP contribution >= 0.6 is 0 Å². The fourth-order valence-electron chi connectivity index (χ4n) is 4.24. The van der Waals surface area contributed by atoms with Crippen molar-refractivity contribution in [3.05, 3.63) is 0 Å². The Bertz CT molecular complexity index is 244. The van der Waals surface area contributed by atoms with Gasteiger partial charge < -0.3 is 0 Å². The highest BCUT2D eigenvalue weighted by Gasteiger charge is 2.41. The molecule has 1 unspecified atom stereocenters. The summed E-state index contributed by atoms with van der Waals surface area (Å²) >= 11 is 0. The van der Waals surface area contributed by atoms with Gasteiger partial charge in [0.25, 0.3) is 0 Å². The van der Waals surface area contributed by atoms with Crippen molar-refractivity contribution in [2.45, 2.75) is 57.8 Å². The van der Waals surface area contributed by atoms with Gasteiger partial charge in [-0.15, -0.1) is 0 Å².